The topological polar surface area (TPSA) is 61.8 Å². The van der Waals surface area contributed by atoms with Crippen LogP contribution in [0.1, 0.15) is 16.7 Å². The van der Waals surface area contributed by atoms with Crippen molar-refractivity contribution in [3.63, 3.8) is 0 Å². The third-order valence-electron chi connectivity index (χ3n) is 3.07. The van der Waals surface area contributed by atoms with Gasteiger partial charge in [0.25, 0.3) is 0 Å². The number of nitrogen functional groups attached to an aromatic ring is 1. The second-order valence-electron chi connectivity index (χ2n) is 4.51. The van der Waals surface area contributed by atoms with E-state index in [2.05, 4.69) is 11.5 Å². The molecule has 0 saturated heterocycles. The summed E-state index contributed by atoms with van der Waals surface area (Å²) in [4.78, 5) is 0. The second kappa shape index (κ2) is 6.64. The minimum atomic E-state index is 0.519. The molecule has 0 spiro atoms. The molecule has 0 heterocycles. The highest BCUT2D eigenvalue weighted by Gasteiger charge is 2.07. The molecule has 0 unspecified atom stereocenters. The van der Waals surface area contributed by atoms with E-state index in [0.29, 0.717) is 15.6 Å². The largest absolute Gasteiger partial charge is 0.324 e. The highest BCUT2D eigenvalue weighted by atomic mass is 35.5. The number of anilines is 1. The first-order valence-corrected chi connectivity index (χ1v) is 6.95. The monoisotopic (exact) mass is 317 g/mol. The molecule has 2 rings (SSSR count). The molecule has 3 N–H and O–H groups in total. The number of allylic oxidation sites excluding steroid dienone is 1. The van der Waals surface area contributed by atoms with Crippen LogP contribution in [-0.2, 0) is 0 Å². The molecular formula is C16H13Cl2N3. The Labute approximate surface area is 133 Å². The standard InChI is InChI=1S/C16H13Cl2N3/c1-10-6-14(21-20)8-16(18)15(10)7-12(9-19)11-2-4-13(17)5-3-11/h2-8,21H,20H2,1H3. The van der Waals surface area contributed by atoms with Crippen molar-refractivity contribution in [3.05, 3.63) is 63.1 Å². The van der Waals surface area contributed by atoms with Crippen LogP contribution in [0.3, 0.4) is 0 Å². The molecule has 0 aromatic heterocycles. The number of halogens is 2. The normalized spacial score (nSPS) is 11.1. The fourth-order valence-corrected chi connectivity index (χ4v) is 2.42. The van der Waals surface area contributed by atoms with Crippen molar-refractivity contribution in [1.82, 2.24) is 0 Å². The molecule has 3 nitrogen and oxygen atoms in total. The summed E-state index contributed by atoms with van der Waals surface area (Å²) in [6, 6.07) is 12.9. The van der Waals surface area contributed by atoms with Crippen molar-refractivity contribution >= 4 is 40.5 Å². The molecule has 0 amide bonds. The summed E-state index contributed by atoms with van der Waals surface area (Å²) in [5, 5.41) is 10.5. The molecule has 0 fully saturated rings. The maximum atomic E-state index is 9.37. The van der Waals surface area contributed by atoms with Gasteiger partial charge < -0.3 is 5.43 Å². The zero-order chi connectivity index (χ0) is 15.4. The van der Waals surface area contributed by atoms with Gasteiger partial charge in [0.2, 0.25) is 0 Å². The van der Waals surface area contributed by atoms with Crippen LogP contribution in [-0.4, -0.2) is 0 Å². The van der Waals surface area contributed by atoms with Crippen LogP contribution < -0.4 is 11.3 Å². The fourth-order valence-electron chi connectivity index (χ4n) is 1.98. The minimum absolute atomic E-state index is 0.519. The molecule has 0 saturated carbocycles. The van der Waals surface area contributed by atoms with Crippen molar-refractivity contribution in [2.24, 2.45) is 5.84 Å². The van der Waals surface area contributed by atoms with Crippen molar-refractivity contribution in [3.8, 4) is 6.07 Å². The summed E-state index contributed by atoms with van der Waals surface area (Å²) < 4.78 is 0. The van der Waals surface area contributed by atoms with Gasteiger partial charge in [0.15, 0.2) is 0 Å². The molecular weight excluding hydrogens is 305 g/mol. The average Bonchev–Trinajstić information content (AvgIpc) is 2.48. The number of hydrogen-bond donors (Lipinski definition) is 2. The molecule has 2 aromatic carbocycles. The van der Waals surface area contributed by atoms with E-state index in [4.69, 9.17) is 29.0 Å². The van der Waals surface area contributed by atoms with Crippen LogP contribution in [0.4, 0.5) is 5.69 Å². The Morgan fingerprint density at radius 2 is 1.90 bits per heavy atom. The summed E-state index contributed by atoms with van der Waals surface area (Å²) in [5.41, 5.74) is 6.31. The van der Waals surface area contributed by atoms with Gasteiger partial charge in [0.05, 0.1) is 22.4 Å². The highest BCUT2D eigenvalue weighted by Crippen LogP contribution is 2.29. The van der Waals surface area contributed by atoms with Gasteiger partial charge in [0.1, 0.15) is 0 Å². The zero-order valence-corrected chi connectivity index (χ0v) is 12.8. The summed E-state index contributed by atoms with van der Waals surface area (Å²) in [6.45, 7) is 1.91. The van der Waals surface area contributed by atoms with Gasteiger partial charge in [-0.05, 0) is 54.0 Å². The van der Waals surface area contributed by atoms with Crippen molar-refractivity contribution in [2.45, 2.75) is 6.92 Å². The molecule has 106 valence electrons. The second-order valence-corrected chi connectivity index (χ2v) is 5.35. The van der Waals surface area contributed by atoms with E-state index >= 15 is 0 Å². The van der Waals surface area contributed by atoms with Gasteiger partial charge in [0, 0.05) is 5.02 Å². The first kappa shape index (κ1) is 15.4. The lowest BCUT2D eigenvalue weighted by Gasteiger charge is -2.09. The maximum absolute atomic E-state index is 9.37. The van der Waals surface area contributed by atoms with Crippen LogP contribution in [0.5, 0.6) is 0 Å². The van der Waals surface area contributed by atoms with Crippen LogP contribution in [0.15, 0.2) is 36.4 Å². The Morgan fingerprint density at radius 3 is 2.43 bits per heavy atom. The Kier molecular flexibility index (Phi) is 4.87. The molecule has 0 aliphatic heterocycles. The number of hydrazine groups is 1. The van der Waals surface area contributed by atoms with E-state index in [1.54, 1.807) is 36.4 Å². The Hall–Kier alpha value is -1.99. The number of rotatable bonds is 3. The number of hydrogen-bond acceptors (Lipinski definition) is 3. The summed E-state index contributed by atoms with van der Waals surface area (Å²) in [5.74, 6) is 5.38. The lowest BCUT2D eigenvalue weighted by atomic mass is 10.0. The van der Waals surface area contributed by atoms with Gasteiger partial charge in [-0.1, -0.05) is 35.3 Å². The quantitative estimate of drug-likeness (QED) is 0.375. The molecule has 0 atom stereocenters. The maximum Gasteiger partial charge on any atom is 0.0998 e. The summed E-state index contributed by atoms with van der Waals surface area (Å²) in [6.07, 6.45) is 1.77. The highest BCUT2D eigenvalue weighted by molar-refractivity contribution is 6.32. The Morgan fingerprint density at radius 1 is 1.24 bits per heavy atom. The summed E-state index contributed by atoms with van der Waals surface area (Å²) in [7, 11) is 0. The predicted octanol–water partition coefficient (Wildman–Crippen LogP) is 4.65. The average molecular weight is 318 g/mol. The van der Waals surface area contributed by atoms with Gasteiger partial charge in [-0.3, -0.25) is 5.84 Å². The van der Waals surface area contributed by atoms with E-state index in [1.165, 1.54) is 0 Å². The molecule has 0 aliphatic rings. The number of aryl methyl sites for hydroxylation is 1. The molecule has 0 bridgehead atoms. The van der Waals surface area contributed by atoms with Gasteiger partial charge in [-0.15, -0.1) is 0 Å². The minimum Gasteiger partial charge on any atom is -0.324 e. The van der Waals surface area contributed by atoms with E-state index in [1.807, 2.05) is 13.0 Å². The Balaban J connectivity index is 2.51. The van der Waals surface area contributed by atoms with E-state index in [9.17, 15) is 5.26 Å². The van der Waals surface area contributed by atoms with Crippen molar-refractivity contribution in [2.75, 3.05) is 5.43 Å². The molecule has 21 heavy (non-hydrogen) atoms. The van der Waals surface area contributed by atoms with Gasteiger partial charge >= 0.3 is 0 Å². The van der Waals surface area contributed by atoms with Crippen LogP contribution in [0.2, 0.25) is 10.0 Å². The SMILES string of the molecule is Cc1cc(NN)cc(Cl)c1C=C(C#N)c1ccc(Cl)cc1. The van der Waals surface area contributed by atoms with Crippen LogP contribution in [0.25, 0.3) is 11.6 Å². The third kappa shape index (κ3) is 3.56. The number of nitrogens with one attached hydrogen (secondary N) is 1. The summed E-state index contributed by atoms with van der Waals surface area (Å²) >= 11 is 12.1. The number of nitrogens with two attached hydrogens (primary N) is 1. The molecule has 2 aromatic rings. The molecule has 0 aliphatic carbocycles. The smallest absolute Gasteiger partial charge is 0.0998 e. The Bertz CT molecular complexity index is 705. The predicted molar refractivity (Wildman–Crippen MR) is 88.9 cm³/mol. The number of benzene rings is 2. The zero-order valence-electron chi connectivity index (χ0n) is 11.3. The van der Waals surface area contributed by atoms with Crippen molar-refractivity contribution in [1.29, 1.82) is 5.26 Å². The van der Waals surface area contributed by atoms with Crippen LogP contribution >= 0.6 is 23.2 Å². The third-order valence-corrected chi connectivity index (χ3v) is 3.63. The van der Waals surface area contributed by atoms with Crippen LogP contribution in [0, 0.1) is 18.3 Å². The van der Waals surface area contributed by atoms with Gasteiger partial charge in [-0.25, -0.2) is 0 Å². The van der Waals surface area contributed by atoms with Crippen molar-refractivity contribution < 1.29 is 0 Å². The first-order valence-electron chi connectivity index (χ1n) is 6.19. The number of nitriles is 1. The van der Waals surface area contributed by atoms with Gasteiger partial charge in [-0.2, -0.15) is 5.26 Å². The van der Waals surface area contributed by atoms with E-state index < -0.39 is 0 Å². The first-order chi connectivity index (χ1) is 10.0. The van der Waals surface area contributed by atoms with E-state index in [-0.39, 0.29) is 0 Å². The lowest BCUT2D eigenvalue weighted by molar-refractivity contribution is 1.33. The fraction of sp³-hybridized carbons (Fsp3) is 0.0625. The van der Waals surface area contributed by atoms with E-state index in [0.717, 1.165) is 22.4 Å². The molecule has 0 radical (unpaired) electrons. The molecule has 5 heteroatoms. The lowest BCUT2D eigenvalue weighted by Crippen LogP contribution is -2.07. The number of nitrogens with zero attached hydrogens (tertiary/aromatic N) is 1.